The van der Waals surface area contributed by atoms with Gasteiger partial charge in [-0.2, -0.15) is 0 Å². The van der Waals surface area contributed by atoms with E-state index in [9.17, 15) is 0 Å². The Labute approximate surface area is 53.0 Å². The maximum Gasteiger partial charge on any atom is 0.111 e. The van der Waals surface area contributed by atoms with Gasteiger partial charge in [-0.15, -0.1) is 0 Å². The summed E-state index contributed by atoms with van der Waals surface area (Å²) in [5.41, 5.74) is 0. The molecule has 0 amide bonds. The van der Waals surface area contributed by atoms with Crippen LogP contribution in [0.2, 0.25) is 0 Å². The molecule has 9 heavy (non-hydrogen) atoms. The molecule has 0 fully saturated rings. The number of aliphatic hydroxyl groups is 1. The van der Waals surface area contributed by atoms with Gasteiger partial charge in [0.25, 0.3) is 0 Å². The average molecular weight is 124 g/mol. The Morgan fingerprint density at radius 1 is 1.78 bits per heavy atom. The first-order chi connectivity index (χ1) is 4.36. The number of fused-ring (bicyclic) bond motifs is 1. The van der Waals surface area contributed by atoms with E-state index in [4.69, 9.17) is 5.11 Å². The van der Waals surface area contributed by atoms with Gasteiger partial charge in [0.05, 0.1) is 12.6 Å². The summed E-state index contributed by atoms with van der Waals surface area (Å²) in [6.45, 7) is 0.718. The van der Waals surface area contributed by atoms with Crippen LogP contribution in [0.15, 0.2) is 12.4 Å². The standard InChI is InChI=1S/C6H8N2O/c9-5-3-6-7-1-2-8(6)4-5/h1-2,5,9H,3-4H2/t5-/m1/s1. The molecule has 0 aromatic carbocycles. The van der Waals surface area contributed by atoms with Crippen LogP contribution in [0.4, 0.5) is 0 Å². The molecule has 0 spiro atoms. The summed E-state index contributed by atoms with van der Waals surface area (Å²) in [6, 6.07) is 0. The molecule has 1 aromatic heterocycles. The predicted molar refractivity (Wildman–Crippen MR) is 31.9 cm³/mol. The van der Waals surface area contributed by atoms with Crippen molar-refractivity contribution in [3.05, 3.63) is 18.2 Å². The Morgan fingerprint density at radius 2 is 2.67 bits per heavy atom. The molecule has 0 saturated heterocycles. The Kier molecular flexibility index (Phi) is 0.873. The molecule has 0 unspecified atom stereocenters. The zero-order valence-corrected chi connectivity index (χ0v) is 4.99. The second-order valence-electron chi connectivity index (χ2n) is 2.35. The second-order valence-corrected chi connectivity index (χ2v) is 2.35. The maximum absolute atomic E-state index is 9.08. The third-order valence-electron chi connectivity index (χ3n) is 1.63. The molecule has 48 valence electrons. The number of rotatable bonds is 0. The minimum atomic E-state index is -0.200. The van der Waals surface area contributed by atoms with Gasteiger partial charge in [-0.25, -0.2) is 4.98 Å². The highest BCUT2D eigenvalue weighted by molar-refractivity contribution is 4.99. The van der Waals surface area contributed by atoms with Gasteiger partial charge in [-0.1, -0.05) is 0 Å². The summed E-state index contributed by atoms with van der Waals surface area (Å²) >= 11 is 0. The highest BCUT2D eigenvalue weighted by Gasteiger charge is 2.18. The second kappa shape index (κ2) is 1.57. The lowest BCUT2D eigenvalue weighted by molar-refractivity contribution is 0.175. The van der Waals surface area contributed by atoms with E-state index in [1.807, 2.05) is 10.8 Å². The SMILES string of the molecule is O[C@@H]1Cc2nccn2C1. The van der Waals surface area contributed by atoms with Crippen LogP contribution in [0.1, 0.15) is 5.82 Å². The van der Waals surface area contributed by atoms with E-state index in [1.54, 1.807) is 6.20 Å². The zero-order valence-electron chi connectivity index (χ0n) is 4.99. The van der Waals surface area contributed by atoms with Gasteiger partial charge in [0.1, 0.15) is 5.82 Å². The van der Waals surface area contributed by atoms with Crippen LogP contribution in [0.3, 0.4) is 0 Å². The van der Waals surface area contributed by atoms with Crippen LogP contribution in [0, 0.1) is 0 Å². The van der Waals surface area contributed by atoms with E-state index in [-0.39, 0.29) is 6.10 Å². The summed E-state index contributed by atoms with van der Waals surface area (Å²) in [4.78, 5) is 4.05. The molecule has 2 heterocycles. The minimum Gasteiger partial charge on any atom is -0.391 e. The molecular formula is C6H8N2O. The number of aromatic nitrogens is 2. The summed E-state index contributed by atoms with van der Waals surface area (Å²) < 4.78 is 1.98. The summed E-state index contributed by atoms with van der Waals surface area (Å²) in [5, 5.41) is 9.08. The van der Waals surface area contributed by atoms with Crippen LogP contribution in [0.5, 0.6) is 0 Å². The van der Waals surface area contributed by atoms with Gasteiger partial charge in [0.2, 0.25) is 0 Å². The van der Waals surface area contributed by atoms with E-state index in [2.05, 4.69) is 4.98 Å². The van der Waals surface area contributed by atoms with Crippen molar-refractivity contribution in [3.8, 4) is 0 Å². The Hall–Kier alpha value is -0.830. The summed E-state index contributed by atoms with van der Waals surface area (Å²) in [5.74, 6) is 1.00. The molecule has 2 rings (SSSR count). The maximum atomic E-state index is 9.08. The Bertz CT molecular complexity index is 198. The third-order valence-corrected chi connectivity index (χ3v) is 1.63. The molecule has 1 aliphatic rings. The fraction of sp³-hybridized carbons (Fsp3) is 0.500. The van der Waals surface area contributed by atoms with Crippen molar-refractivity contribution in [2.75, 3.05) is 0 Å². The van der Waals surface area contributed by atoms with Gasteiger partial charge in [0.15, 0.2) is 0 Å². The number of nitrogens with zero attached hydrogens (tertiary/aromatic N) is 2. The number of aliphatic hydroxyl groups excluding tert-OH is 1. The van der Waals surface area contributed by atoms with Crippen LogP contribution in [0.25, 0.3) is 0 Å². The van der Waals surface area contributed by atoms with Crippen molar-refractivity contribution in [2.45, 2.75) is 19.1 Å². The van der Waals surface area contributed by atoms with Gasteiger partial charge in [-0.3, -0.25) is 0 Å². The van der Waals surface area contributed by atoms with Crippen LogP contribution >= 0.6 is 0 Å². The predicted octanol–water partition coefficient (Wildman–Crippen LogP) is -0.200. The highest BCUT2D eigenvalue weighted by Crippen LogP contribution is 2.11. The monoisotopic (exact) mass is 124 g/mol. The van der Waals surface area contributed by atoms with E-state index >= 15 is 0 Å². The Balaban J connectivity index is 2.39. The van der Waals surface area contributed by atoms with E-state index in [0.29, 0.717) is 6.42 Å². The lowest BCUT2D eigenvalue weighted by Gasteiger charge is -1.94. The van der Waals surface area contributed by atoms with E-state index < -0.39 is 0 Å². The fourth-order valence-electron chi connectivity index (χ4n) is 1.20. The van der Waals surface area contributed by atoms with E-state index in [1.165, 1.54) is 0 Å². The highest BCUT2D eigenvalue weighted by atomic mass is 16.3. The van der Waals surface area contributed by atoms with Crippen molar-refractivity contribution < 1.29 is 5.11 Å². The number of imidazole rings is 1. The lowest BCUT2D eigenvalue weighted by atomic mass is 10.3. The normalized spacial score (nSPS) is 24.3. The largest absolute Gasteiger partial charge is 0.391 e. The molecule has 1 aliphatic heterocycles. The number of hydrogen-bond acceptors (Lipinski definition) is 2. The number of hydrogen-bond donors (Lipinski definition) is 1. The van der Waals surface area contributed by atoms with Crippen molar-refractivity contribution in [1.29, 1.82) is 0 Å². The summed E-state index contributed by atoms with van der Waals surface area (Å²) in [7, 11) is 0. The average Bonchev–Trinajstić information content (AvgIpc) is 2.22. The molecule has 1 atom stereocenters. The zero-order chi connectivity index (χ0) is 6.27. The minimum absolute atomic E-state index is 0.200. The quantitative estimate of drug-likeness (QED) is 0.520. The van der Waals surface area contributed by atoms with Crippen LogP contribution in [-0.4, -0.2) is 20.8 Å². The van der Waals surface area contributed by atoms with Gasteiger partial charge < -0.3 is 9.67 Å². The van der Waals surface area contributed by atoms with Gasteiger partial charge in [0, 0.05) is 18.8 Å². The van der Waals surface area contributed by atoms with Gasteiger partial charge >= 0.3 is 0 Å². The third kappa shape index (κ3) is 0.650. The van der Waals surface area contributed by atoms with E-state index in [0.717, 1.165) is 12.4 Å². The molecule has 0 radical (unpaired) electrons. The molecular weight excluding hydrogens is 116 g/mol. The molecule has 1 aromatic rings. The molecule has 3 nitrogen and oxygen atoms in total. The topological polar surface area (TPSA) is 38.1 Å². The molecule has 1 N–H and O–H groups in total. The molecule has 0 bridgehead atoms. The molecule has 0 saturated carbocycles. The molecule has 3 heteroatoms. The van der Waals surface area contributed by atoms with Crippen molar-refractivity contribution >= 4 is 0 Å². The van der Waals surface area contributed by atoms with Crippen LogP contribution in [-0.2, 0) is 13.0 Å². The smallest absolute Gasteiger partial charge is 0.111 e. The lowest BCUT2D eigenvalue weighted by Crippen LogP contribution is -2.06. The first kappa shape index (κ1) is 4.99. The Morgan fingerprint density at radius 3 is 3.44 bits per heavy atom. The first-order valence-electron chi connectivity index (χ1n) is 3.04. The van der Waals surface area contributed by atoms with Crippen molar-refractivity contribution in [2.24, 2.45) is 0 Å². The molecule has 0 aliphatic carbocycles. The fourth-order valence-corrected chi connectivity index (χ4v) is 1.20. The van der Waals surface area contributed by atoms with Gasteiger partial charge in [-0.05, 0) is 0 Å². The van der Waals surface area contributed by atoms with Crippen LogP contribution < -0.4 is 0 Å². The van der Waals surface area contributed by atoms with Crippen molar-refractivity contribution in [1.82, 2.24) is 9.55 Å². The summed E-state index contributed by atoms with van der Waals surface area (Å²) in [6.07, 6.45) is 4.17. The first-order valence-corrected chi connectivity index (χ1v) is 3.04. The van der Waals surface area contributed by atoms with Crippen molar-refractivity contribution in [3.63, 3.8) is 0 Å².